The molecule has 0 aliphatic heterocycles. The monoisotopic (exact) mass is 509 g/mol. The third kappa shape index (κ3) is 17.4. The van der Waals surface area contributed by atoms with Crippen molar-refractivity contribution in [2.45, 2.75) is 105 Å². The lowest BCUT2D eigenvalue weighted by molar-refractivity contribution is -0.123. The second-order valence-electron chi connectivity index (χ2n) is 10.5. The minimum atomic E-state index is -0.119. The van der Waals surface area contributed by atoms with Crippen LogP contribution in [0.5, 0.6) is 0 Å². The Morgan fingerprint density at radius 3 is 2.19 bits per heavy atom. The van der Waals surface area contributed by atoms with Gasteiger partial charge in [-0.3, -0.25) is 14.3 Å². The van der Waals surface area contributed by atoms with Gasteiger partial charge in [0.15, 0.2) is 0 Å². The number of hydrogen-bond acceptors (Lipinski definition) is 6. The van der Waals surface area contributed by atoms with Gasteiger partial charge in [-0.2, -0.15) is 0 Å². The molecule has 0 fully saturated rings. The number of nitrogens with one attached hydrogen (secondary N) is 2. The molecule has 0 aliphatic carbocycles. The number of ether oxygens (including phenoxy) is 2. The zero-order valence-corrected chi connectivity index (χ0v) is 23.4. The average molecular weight is 510 g/mol. The van der Waals surface area contributed by atoms with Gasteiger partial charge in [-0.15, -0.1) is 5.10 Å². The van der Waals surface area contributed by atoms with Gasteiger partial charge in [0, 0.05) is 45.3 Å². The van der Waals surface area contributed by atoms with Gasteiger partial charge in [0.25, 0.3) is 0 Å². The Morgan fingerprint density at radius 1 is 0.889 bits per heavy atom. The van der Waals surface area contributed by atoms with E-state index in [-0.39, 0.29) is 17.9 Å². The number of unbranched alkanes of at least 4 members (excludes halogenated alkanes) is 3. The third-order valence-corrected chi connectivity index (χ3v) is 5.47. The van der Waals surface area contributed by atoms with Crippen LogP contribution in [0, 0.1) is 11.8 Å². The van der Waals surface area contributed by atoms with Crippen molar-refractivity contribution in [3.8, 4) is 0 Å². The molecule has 0 unspecified atom stereocenters. The van der Waals surface area contributed by atoms with Crippen LogP contribution < -0.4 is 10.6 Å². The van der Waals surface area contributed by atoms with Gasteiger partial charge in [-0.1, -0.05) is 52.7 Å². The average Bonchev–Trinajstić information content (AvgIpc) is 3.26. The summed E-state index contributed by atoms with van der Waals surface area (Å²) >= 11 is 0. The van der Waals surface area contributed by atoms with Crippen LogP contribution in [0.25, 0.3) is 0 Å². The summed E-state index contributed by atoms with van der Waals surface area (Å²) in [6, 6.07) is -0.119. The first-order valence-corrected chi connectivity index (χ1v) is 13.9. The maximum Gasteiger partial charge on any atom is 0.220 e. The van der Waals surface area contributed by atoms with Gasteiger partial charge in [0.2, 0.25) is 11.8 Å². The summed E-state index contributed by atoms with van der Waals surface area (Å²) in [6.07, 6.45) is 9.31. The fraction of sp³-hybridized carbons (Fsp3) is 0.852. The molecule has 36 heavy (non-hydrogen) atoms. The Balaban J connectivity index is 2.21. The number of carbonyl (C=O) groups excluding carboxylic acids is 2. The van der Waals surface area contributed by atoms with Crippen LogP contribution in [0.1, 0.15) is 91.7 Å². The summed E-state index contributed by atoms with van der Waals surface area (Å²) in [5.74, 6) is 1.07. The number of aromatic nitrogens is 3. The molecule has 0 aliphatic rings. The van der Waals surface area contributed by atoms with Gasteiger partial charge in [-0.25, -0.2) is 0 Å². The largest absolute Gasteiger partial charge is 0.379 e. The Morgan fingerprint density at radius 2 is 1.56 bits per heavy atom. The van der Waals surface area contributed by atoms with E-state index in [1.54, 1.807) is 0 Å². The second-order valence-corrected chi connectivity index (χ2v) is 10.5. The standard InChI is InChI=1S/C27H51N5O4/c1-6-7-15-28-26(33)14-11-12-24-17-32(31-30-24)16-10-8-9-13-27(34)29-25(20-35-18-22(2)3)21-36-19-23(4)5/h17,22-23,25H,6-16,18-21H2,1-5H3,(H,28,33)(H,29,34). The third-order valence-electron chi connectivity index (χ3n) is 5.47. The van der Waals surface area contributed by atoms with Crippen LogP contribution in [-0.2, 0) is 32.0 Å². The highest BCUT2D eigenvalue weighted by molar-refractivity contribution is 5.76. The molecular formula is C27H51N5O4. The lowest BCUT2D eigenvalue weighted by Crippen LogP contribution is -2.42. The molecule has 208 valence electrons. The van der Waals surface area contributed by atoms with Gasteiger partial charge in [0.1, 0.15) is 0 Å². The Hall–Kier alpha value is -2.00. The Labute approximate surface area is 218 Å². The molecule has 0 saturated heterocycles. The SMILES string of the molecule is CCCCNC(=O)CCCc1cn(CCCCCC(=O)NC(COCC(C)C)COCC(C)C)nn1. The molecular weight excluding hydrogens is 458 g/mol. The summed E-state index contributed by atoms with van der Waals surface area (Å²) in [6.45, 7) is 14.4. The predicted octanol–water partition coefficient (Wildman–Crippen LogP) is 3.91. The molecule has 1 aromatic heterocycles. The summed E-state index contributed by atoms with van der Waals surface area (Å²) < 4.78 is 13.3. The van der Waals surface area contributed by atoms with E-state index in [0.29, 0.717) is 51.1 Å². The van der Waals surface area contributed by atoms with Gasteiger partial charge in [-0.05, 0) is 43.9 Å². The second kappa shape index (κ2) is 20.1. The van der Waals surface area contributed by atoms with Gasteiger partial charge in [0.05, 0.1) is 24.9 Å². The van der Waals surface area contributed by atoms with Crippen LogP contribution in [-0.4, -0.2) is 65.8 Å². The number of aryl methyl sites for hydroxylation is 2. The first-order chi connectivity index (χ1) is 17.3. The molecule has 1 aromatic rings. The van der Waals surface area contributed by atoms with Crippen molar-refractivity contribution in [1.82, 2.24) is 25.6 Å². The van der Waals surface area contributed by atoms with Crippen molar-refractivity contribution in [2.75, 3.05) is 33.0 Å². The van der Waals surface area contributed by atoms with E-state index in [2.05, 4.69) is 55.6 Å². The van der Waals surface area contributed by atoms with E-state index >= 15 is 0 Å². The molecule has 0 aromatic carbocycles. The van der Waals surface area contributed by atoms with Crippen molar-refractivity contribution in [1.29, 1.82) is 0 Å². The number of carbonyl (C=O) groups is 2. The first kappa shape index (κ1) is 32.0. The van der Waals surface area contributed by atoms with E-state index in [9.17, 15) is 9.59 Å². The number of rotatable bonds is 22. The van der Waals surface area contributed by atoms with E-state index in [0.717, 1.165) is 63.7 Å². The molecule has 0 bridgehead atoms. The minimum Gasteiger partial charge on any atom is -0.379 e. The molecule has 9 heteroatoms. The minimum absolute atomic E-state index is 0.0445. The van der Waals surface area contributed by atoms with Gasteiger partial charge < -0.3 is 20.1 Å². The molecule has 1 rings (SSSR count). The summed E-state index contributed by atoms with van der Waals surface area (Å²) in [7, 11) is 0. The summed E-state index contributed by atoms with van der Waals surface area (Å²) in [4.78, 5) is 24.2. The highest BCUT2D eigenvalue weighted by atomic mass is 16.5. The molecule has 9 nitrogen and oxygen atoms in total. The van der Waals surface area contributed by atoms with Crippen LogP contribution in [0.3, 0.4) is 0 Å². The molecule has 0 radical (unpaired) electrons. The smallest absolute Gasteiger partial charge is 0.220 e. The lowest BCUT2D eigenvalue weighted by Gasteiger charge is -2.20. The van der Waals surface area contributed by atoms with Crippen molar-refractivity contribution in [2.24, 2.45) is 11.8 Å². The highest BCUT2D eigenvalue weighted by Crippen LogP contribution is 2.06. The van der Waals surface area contributed by atoms with Crippen LogP contribution in [0.4, 0.5) is 0 Å². The fourth-order valence-electron chi connectivity index (χ4n) is 3.54. The highest BCUT2D eigenvalue weighted by Gasteiger charge is 2.14. The molecule has 2 amide bonds. The molecule has 2 N–H and O–H groups in total. The summed E-state index contributed by atoms with van der Waals surface area (Å²) in [5, 5.41) is 14.4. The first-order valence-electron chi connectivity index (χ1n) is 13.9. The van der Waals surface area contributed by atoms with E-state index < -0.39 is 0 Å². The van der Waals surface area contributed by atoms with Crippen LogP contribution in [0.2, 0.25) is 0 Å². The number of amides is 2. The van der Waals surface area contributed by atoms with E-state index in [1.807, 2.05) is 10.9 Å². The zero-order valence-electron chi connectivity index (χ0n) is 23.4. The number of nitrogens with zero attached hydrogens (tertiary/aromatic N) is 3. The molecule has 1 heterocycles. The van der Waals surface area contributed by atoms with Crippen molar-refractivity contribution in [3.05, 3.63) is 11.9 Å². The summed E-state index contributed by atoms with van der Waals surface area (Å²) in [5.41, 5.74) is 0.918. The van der Waals surface area contributed by atoms with Crippen LogP contribution in [0.15, 0.2) is 6.20 Å². The quantitative estimate of drug-likeness (QED) is 0.230. The maximum atomic E-state index is 12.4. The Kier molecular flexibility index (Phi) is 17.9. The molecule has 0 saturated carbocycles. The van der Waals surface area contributed by atoms with Crippen molar-refractivity contribution < 1.29 is 19.1 Å². The lowest BCUT2D eigenvalue weighted by atomic mass is 10.1. The topological polar surface area (TPSA) is 107 Å². The predicted molar refractivity (Wildman–Crippen MR) is 143 cm³/mol. The molecule has 0 atom stereocenters. The number of hydrogen-bond donors (Lipinski definition) is 2. The van der Waals surface area contributed by atoms with E-state index in [1.165, 1.54) is 0 Å². The van der Waals surface area contributed by atoms with Crippen LogP contribution >= 0.6 is 0 Å². The Bertz CT molecular complexity index is 694. The van der Waals surface area contributed by atoms with E-state index in [4.69, 9.17) is 9.47 Å². The van der Waals surface area contributed by atoms with Gasteiger partial charge >= 0.3 is 0 Å². The maximum absolute atomic E-state index is 12.4. The fourth-order valence-corrected chi connectivity index (χ4v) is 3.54. The molecule has 0 spiro atoms. The van der Waals surface area contributed by atoms with Crippen molar-refractivity contribution in [3.63, 3.8) is 0 Å². The van der Waals surface area contributed by atoms with Crippen molar-refractivity contribution >= 4 is 11.8 Å². The normalized spacial score (nSPS) is 11.6. The zero-order chi connectivity index (χ0) is 26.6.